The molecule has 0 aliphatic heterocycles. The molecule has 0 aliphatic rings. The zero-order valence-corrected chi connectivity index (χ0v) is 12.6. The van der Waals surface area contributed by atoms with Gasteiger partial charge in [0.15, 0.2) is 11.6 Å². The molecule has 0 fully saturated rings. The Hall–Kier alpha value is -1.88. The molecule has 104 valence electrons. The van der Waals surface area contributed by atoms with E-state index in [1.54, 1.807) is 12.1 Å². The second-order valence-corrected chi connectivity index (χ2v) is 5.12. The summed E-state index contributed by atoms with van der Waals surface area (Å²) in [6.07, 6.45) is 0. The number of ether oxygens (including phenoxy) is 1. The molecule has 2 aromatic rings. The average Bonchev–Trinajstić information content (AvgIpc) is 2.43. The molecule has 0 aliphatic carbocycles. The van der Waals surface area contributed by atoms with Crippen LogP contribution in [0.2, 0.25) is 0 Å². The van der Waals surface area contributed by atoms with E-state index in [0.717, 1.165) is 10.0 Å². The van der Waals surface area contributed by atoms with Gasteiger partial charge in [0.05, 0.1) is 7.11 Å². The lowest BCUT2D eigenvalue weighted by molar-refractivity contribution is 0.102. The highest BCUT2D eigenvalue weighted by molar-refractivity contribution is 9.10. The standard InChI is InChI=1S/C15H13BrFNO2/c1-9-7-10(3-5-12(9)16)15(19)18-11-4-6-13(17)14(8-11)20-2/h3-8H,1-2H3,(H,18,19). The molecule has 2 aromatic carbocycles. The molecule has 0 unspecified atom stereocenters. The van der Waals surface area contributed by atoms with Crippen LogP contribution in [-0.4, -0.2) is 13.0 Å². The van der Waals surface area contributed by atoms with Gasteiger partial charge >= 0.3 is 0 Å². The van der Waals surface area contributed by atoms with Gasteiger partial charge in [-0.15, -0.1) is 0 Å². The van der Waals surface area contributed by atoms with Crippen molar-refractivity contribution in [2.24, 2.45) is 0 Å². The summed E-state index contributed by atoms with van der Waals surface area (Å²) in [6.45, 7) is 1.90. The van der Waals surface area contributed by atoms with Crippen LogP contribution in [0.4, 0.5) is 10.1 Å². The summed E-state index contributed by atoms with van der Waals surface area (Å²) in [5.74, 6) is -0.631. The smallest absolute Gasteiger partial charge is 0.255 e. The maximum Gasteiger partial charge on any atom is 0.255 e. The normalized spacial score (nSPS) is 10.2. The summed E-state index contributed by atoms with van der Waals surface area (Å²) in [6, 6.07) is 9.49. The Morgan fingerprint density at radius 3 is 2.65 bits per heavy atom. The van der Waals surface area contributed by atoms with Gasteiger partial charge in [-0.2, -0.15) is 0 Å². The van der Waals surface area contributed by atoms with E-state index in [4.69, 9.17) is 4.74 Å². The van der Waals surface area contributed by atoms with E-state index < -0.39 is 5.82 Å². The van der Waals surface area contributed by atoms with E-state index in [9.17, 15) is 9.18 Å². The van der Waals surface area contributed by atoms with Crippen LogP contribution in [0, 0.1) is 12.7 Å². The Bertz CT molecular complexity index is 658. The number of halogens is 2. The number of carbonyl (C=O) groups excluding carboxylic acids is 1. The van der Waals surface area contributed by atoms with E-state index in [-0.39, 0.29) is 11.7 Å². The van der Waals surface area contributed by atoms with E-state index in [1.807, 2.05) is 13.0 Å². The minimum absolute atomic E-state index is 0.0924. The number of benzene rings is 2. The molecule has 0 saturated heterocycles. The maximum absolute atomic E-state index is 13.3. The number of hydrogen-bond donors (Lipinski definition) is 1. The van der Waals surface area contributed by atoms with Crippen LogP contribution in [0.5, 0.6) is 5.75 Å². The molecule has 2 rings (SSSR count). The molecule has 20 heavy (non-hydrogen) atoms. The molecule has 0 bridgehead atoms. The van der Waals surface area contributed by atoms with Crippen molar-refractivity contribution in [1.29, 1.82) is 0 Å². The third kappa shape index (κ3) is 3.17. The highest BCUT2D eigenvalue weighted by Gasteiger charge is 2.09. The molecule has 0 heterocycles. The van der Waals surface area contributed by atoms with Crippen molar-refractivity contribution < 1.29 is 13.9 Å². The first-order chi connectivity index (χ1) is 9.51. The van der Waals surface area contributed by atoms with Crippen LogP contribution in [-0.2, 0) is 0 Å². The molecule has 0 saturated carbocycles. The number of amides is 1. The highest BCUT2D eigenvalue weighted by Crippen LogP contribution is 2.22. The lowest BCUT2D eigenvalue weighted by atomic mass is 10.1. The van der Waals surface area contributed by atoms with Crippen LogP contribution in [0.1, 0.15) is 15.9 Å². The fourth-order valence-corrected chi connectivity index (χ4v) is 1.97. The Morgan fingerprint density at radius 2 is 2.00 bits per heavy atom. The van der Waals surface area contributed by atoms with E-state index in [0.29, 0.717) is 11.3 Å². The van der Waals surface area contributed by atoms with Gasteiger partial charge in [-0.05, 0) is 42.8 Å². The first-order valence-electron chi connectivity index (χ1n) is 5.92. The van der Waals surface area contributed by atoms with Gasteiger partial charge in [0.1, 0.15) is 0 Å². The van der Waals surface area contributed by atoms with Crippen LogP contribution in [0.25, 0.3) is 0 Å². The fourth-order valence-electron chi connectivity index (χ4n) is 1.73. The minimum atomic E-state index is -0.468. The van der Waals surface area contributed by atoms with Crippen molar-refractivity contribution in [1.82, 2.24) is 0 Å². The molecule has 0 spiro atoms. The number of aryl methyl sites for hydroxylation is 1. The highest BCUT2D eigenvalue weighted by atomic mass is 79.9. The lowest BCUT2D eigenvalue weighted by Crippen LogP contribution is -2.12. The van der Waals surface area contributed by atoms with Crippen molar-refractivity contribution in [2.45, 2.75) is 6.92 Å². The van der Waals surface area contributed by atoms with Gasteiger partial charge < -0.3 is 10.1 Å². The SMILES string of the molecule is COc1cc(NC(=O)c2ccc(Br)c(C)c2)ccc1F. The van der Waals surface area contributed by atoms with Gasteiger partial charge in [0.25, 0.3) is 5.91 Å². The number of carbonyl (C=O) groups is 1. The molecule has 0 aromatic heterocycles. The summed E-state index contributed by atoms with van der Waals surface area (Å²) in [7, 11) is 1.38. The molecule has 3 nitrogen and oxygen atoms in total. The van der Waals surface area contributed by atoms with Crippen molar-refractivity contribution in [3.8, 4) is 5.75 Å². The molecular weight excluding hydrogens is 325 g/mol. The monoisotopic (exact) mass is 337 g/mol. The van der Waals surface area contributed by atoms with Crippen LogP contribution < -0.4 is 10.1 Å². The van der Waals surface area contributed by atoms with Gasteiger partial charge in [0, 0.05) is 21.8 Å². The molecule has 5 heteroatoms. The van der Waals surface area contributed by atoms with E-state index in [2.05, 4.69) is 21.2 Å². The van der Waals surface area contributed by atoms with E-state index in [1.165, 1.54) is 25.3 Å². The van der Waals surface area contributed by atoms with Crippen molar-refractivity contribution in [2.75, 3.05) is 12.4 Å². The summed E-state index contributed by atoms with van der Waals surface area (Å²) < 4.78 is 19.1. The van der Waals surface area contributed by atoms with Crippen LogP contribution in [0.3, 0.4) is 0 Å². The van der Waals surface area contributed by atoms with Crippen LogP contribution >= 0.6 is 15.9 Å². The predicted molar refractivity (Wildman–Crippen MR) is 79.8 cm³/mol. The largest absolute Gasteiger partial charge is 0.494 e. The third-order valence-corrected chi connectivity index (χ3v) is 3.72. The molecule has 1 N–H and O–H groups in total. The number of nitrogens with one attached hydrogen (secondary N) is 1. The number of hydrogen-bond acceptors (Lipinski definition) is 2. The predicted octanol–water partition coefficient (Wildman–Crippen LogP) is 4.16. The summed E-state index contributed by atoms with van der Waals surface area (Å²) in [5.41, 5.74) is 1.98. The Balaban J connectivity index is 2.21. The van der Waals surface area contributed by atoms with Gasteiger partial charge in [-0.3, -0.25) is 4.79 Å². The average molecular weight is 338 g/mol. The van der Waals surface area contributed by atoms with Gasteiger partial charge in [0.2, 0.25) is 0 Å². The third-order valence-electron chi connectivity index (χ3n) is 2.83. The number of anilines is 1. The second kappa shape index (κ2) is 6.05. The molecule has 0 radical (unpaired) electrons. The second-order valence-electron chi connectivity index (χ2n) is 4.27. The van der Waals surface area contributed by atoms with Gasteiger partial charge in [-0.1, -0.05) is 15.9 Å². The fraction of sp³-hybridized carbons (Fsp3) is 0.133. The minimum Gasteiger partial charge on any atom is -0.494 e. The Labute approximate surface area is 124 Å². The summed E-state index contributed by atoms with van der Waals surface area (Å²) in [4.78, 5) is 12.1. The quantitative estimate of drug-likeness (QED) is 0.913. The number of methoxy groups -OCH3 is 1. The lowest BCUT2D eigenvalue weighted by Gasteiger charge is -2.08. The van der Waals surface area contributed by atoms with Crippen molar-refractivity contribution >= 4 is 27.5 Å². The zero-order valence-electron chi connectivity index (χ0n) is 11.0. The first-order valence-corrected chi connectivity index (χ1v) is 6.71. The summed E-state index contributed by atoms with van der Waals surface area (Å²) in [5, 5.41) is 2.71. The van der Waals surface area contributed by atoms with E-state index >= 15 is 0 Å². The summed E-state index contributed by atoms with van der Waals surface area (Å²) >= 11 is 3.38. The molecule has 0 atom stereocenters. The molecular formula is C15H13BrFNO2. The molecule has 1 amide bonds. The van der Waals surface area contributed by atoms with Crippen molar-refractivity contribution in [3.63, 3.8) is 0 Å². The number of rotatable bonds is 3. The Morgan fingerprint density at radius 1 is 1.25 bits per heavy atom. The van der Waals surface area contributed by atoms with Gasteiger partial charge in [-0.25, -0.2) is 4.39 Å². The topological polar surface area (TPSA) is 38.3 Å². The maximum atomic E-state index is 13.3. The van der Waals surface area contributed by atoms with Crippen molar-refractivity contribution in [3.05, 3.63) is 57.8 Å². The Kier molecular flexibility index (Phi) is 4.39. The first kappa shape index (κ1) is 14.5. The van der Waals surface area contributed by atoms with Crippen LogP contribution in [0.15, 0.2) is 40.9 Å². The zero-order chi connectivity index (χ0) is 14.7.